The monoisotopic (exact) mass is 733 g/mol. The molecule has 2 aromatic carbocycles. The number of nitrogens with zero attached hydrogens (tertiary/aromatic N) is 4. The van der Waals surface area contributed by atoms with Crippen LogP contribution in [0.4, 0.5) is 15.3 Å². The molecule has 0 radical (unpaired) electrons. The van der Waals surface area contributed by atoms with E-state index >= 15 is 0 Å². The minimum Gasteiger partial charge on any atom is -0.453 e. The number of amides is 4. The Kier molecular flexibility index (Phi) is 11.6. The van der Waals surface area contributed by atoms with Gasteiger partial charge in [0, 0.05) is 36.3 Å². The van der Waals surface area contributed by atoms with Gasteiger partial charge >= 0.3 is 12.2 Å². The number of benzene rings is 2. The highest BCUT2D eigenvalue weighted by Crippen LogP contribution is 2.34. The summed E-state index contributed by atoms with van der Waals surface area (Å²) in [5.41, 5.74) is 6.07. The Morgan fingerprint density at radius 2 is 1.35 bits per heavy atom. The summed E-state index contributed by atoms with van der Waals surface area (Å²) in [5.74, 6) is 12.4. The topological polar surface area (TPSA) is 158 Å². The zero-order chi connectivity index (χ0) is 38.5. The molecule has 3 aliphatic heterocycles. The van der Waals surface area contributed by atoms with Crippen molar-refractivity contribution in [3.8, 4) is 23.7 Å². The number of hydrogen-bond acceptors (Lipinski definition) is 8. The molecule has 1 aromatic heterocycles. The summed E-state index contributed by atoms with van der Waals surface area (Å²) in [5, 5.41) is 5.39. The molecule has 3 aromatic rings. The Morgan fingerprint density at radius 1 is 0.796 bits per heavy atom. The minimum atomic E-state index is -0.699. The van der Waals surface area contributed by atoms with E-state index in [0.717, 1.165) is 64.8 Å². The van der Waals surface area contributed by atoms with Gasteiger partial charge in [0.1, 0.15) is 17.9 Å². The predicted molar refractivity (Wildman–Crippen MR) is 204 cm³/mol. The van der Waals surface area contributed by atoms with Crippen molar-refractivity contribution in [3.63, 3.8) is 0 Å². The van der Waals surface area contributed by atoms with E-state index in [2.05, 4.69) is 39.3 Å². The number of H-pyrrole nitrogens is 1. The van der Waals surface area contributed by atoms with E-state index < -0.39 is 24.3 Å². The second-order valence-corrected chi connectivity index (χ2v) is 14.6. The third-order valence-corrected chi connectivity index (χ3v) is 10.2. The number of hydrogen-bond donors (Lipinski definition) is 3. The lowest BCUT2D eigenvalue weighted by Gasteiger charge is -2.30. The molecule has 0 spiro atoms. The smallest absolute Gasteiger partial charge is 0.407 e. The Labute approximate surface area is 315 Å². The van der Waals surface area contributed by atoms with Crippen molar-refractivity contribution in [1.82, 2.24) is 30.4 Å². The molecule has 282 valence electrons. The van der Waals surface area contributed by atoms with Crippen LogP contribution in [0.5, 0.6) is 0 Å². The number of imidazole rings is 1. The van der Waals surface area contributed by atoms with Gasteiger partial charge < -0.3 is 34.9 Å². The van der Waals surface area contributed by atoms with Crippen molar-refractivity contribution in [2.45, 2.75) is 84.0 Å². The van der Waals surface area contributed by atoms with Gasteiger partial charge in [-0.25, -0.2) is 14.6 Å². The lowest BCUT2D eigenvalue weighted by atomic mass is 9.99. The number of rotatable bonds is 8. The van der Waals surface area contributed by atoms with Crippen LogP contribution in [0.2, 0.25) is 0 Å². The Morgan fingerprint density at radius 3 is 1.94 bits per heavy atom. The molecule has 6 rings (SSSR count). The number of aromatic amines is 1. The van der Waals surface area contributed by atoms with Gasteiger partial charge in [-0.05, 0) is 91.3 Å². The summed E-state index contributed by atoms with van der Waals surface area (Å²) in [7, 11) is 2.57. The molecule has 0 bridgehead atoms. The molecule has 0 saturated carbocycles. The van der Waals surface area contributed by atoms with Crippen LogP contribution in [0.3, 0.4) is 0 Å². The van der Waals surface area contributed by atoms with E-state index in [1.54, 1.807) is 4.90 Å². The number of aromatic nitrogens is 2. The second kappa shape index (κ2) is 16.5. The van der Waals surface area contributed by atoms with Gasteiger partial charge in [0.2, 0.25) is 11.8 Å². The Bertz CT molecular complexity index is 2100. The summed E-state index contributed by atoms with van der Waals surface area (Å²) < 4.78 is 9.50. The van der Waals surface area contributed by atoms with Gasteiger partial charge in [0.05, 0.1) is 43.0 Å². The largest absolute Gasteiger partial charge is 0.453 e. The average molecular weight is 734 g/mol. The number of carbonyl (C=O) groups excluding carboxylic acids is 4. The number of methoxy groups -OCH3 is 2. The molecule has 13 heteroatoms. The zero-order valence-corrected chi connectivity index (χ0v) is 31.6. The van der Waals surface area contributed by atoms with Crippen LogP contribution in [-0.4, -0.2) is 94.9 Å². The van der Waals surface area contributed by atoms with Gasteiger partial charge in [-0.3, -0.25) is 14.6 Å². The lowest BCUT2D eigenvalue weighted by molar-refractivity contribution is -0.135. The molecule has 4 amide bonds. The van der Waals surface area contributed by atoms with Crippen LogP contribution >= 0.6 is 0 Å². The Balaban J connectivity index is 1.10. The van der Waals surface area contributed by atoms with Gasteiger partial charge in [-0.15, -0.1) is 0 Å². The molecule has 2 fully saturated rings. The molecule has 13 nitrogen and oxygen atoms in total. The van der Waals surface area contributed by atoms with Crippen molar-refractivity contribution < 1.29 is 28.7 Å². The third kappa shape index (κ3) is 8.21. The van der Waals surface area contributed by atoms with Crippen molar-refractivity contribution in [2.75, 3.05) is 27.3 Å². The van der Waals surface area contributed by atoms with Crippen LogP contribution in [0.25, 0.3) is 11.0 Å². The van der Waals surface area contributed by atoms with Crippen LogP contribution < -0.4 is 10.6 Å². The maximum atomic E-state index is 13.5. The highest BCUT2D eigenvalue weighted by molar-refractivity contribution is 6.01. The van der Waals surface area contributed by atoms with Crippen LogP contribution in [-0.2, 0) is 25.5 Å². The molecular formula is C41H47N7O6. The number of fused-ring (bicyclic) bond motifs is 2. The predicted octanol–water partition coefficient (Wildman–Crippen LogP) is 5.01. The van der Waals surface area contributed by atoms with E-state index in [1.807, 2.05) is 69.0 Å². The number of alkyl carbamates (subject to hydrolysis) is 2. The standard InChI is InChI=1S/C41H47N7O6/c1-24(2)35(45-40(51)53-5)38(49)47-19-9-13-33(47)32-23-28-21-26(15-17-29(28)42-32)11-7-8-12-27-16-18-30-31(22-27)44-37(43-30)34-14-10-20-48(34)39(50)36(25(3)4)46-41(52)54-6/h15-18,21-22,24-25,33-36H,9-10,13-14,19-20,23H2,1-6H3,(H,43,44)(H,45,51)(H,46,52)/t33-,34-,35-,36-/m0/s1. The Hall–Kier alpha value is -5.82. The third-order valence-electron chi connectivity index (χ3n) is 10.2. The molecule has 4 atom stereocenters. The first-order valence-corrected chi connectivity index (χ1v) is 18.5. The highest BCUT2D eigenvalue weighted by Gasteiger charge is 2.39. The first-order chi connectivity index (χ1) is 26.0. The average Bonchev–Trinajstić information content (AvgIpc) is 3.98. The minimum absolute atomic E-state index is 0.0968. The number of nitrogens with one attached hydrogen (secondary N) is 3. The second-order valence-electron chi connectivity index (χ2n) is 14.6. The molecule has 3 N–H and O–H groups in total. The van der Waals surface area contributed by atoms with E-state index in [4.69, 9.17) is 19.5 Å². The number of likely N-dealkylation sites (tertiary alicyclic amines) is 2. The fourth-order valence-electron chi connectivity index (χ4n) is 7.42. The van der Waals surface area contributed by atoms with Gasteiger partial charge in [0.25, 0.3) is 0 Å². The van der Waals surface area contributed by atoms with Crippen molar-refractivity contribution in [1.29, 1.82) is 0 Å². The maximum absolute atomic E-state index is 13.5. The van der Waals surface area contributed by atoms with E-state index in [0.29, 0.717) is 25.3 Å². The molecule has 3 aliphatic rings. The van der Waals surface area contributed by atoms with Crippen LogP contribution in [0, 0.1) is 35.5 Å². The quantitative estimate of drug-likeness (QED) is 0.275. The molecule has 2 saturated heterocycles. The summed E-state index contributed by atoms with van der Waals surface area (Å²) in [6.07, 6.45) is 2.67. The molecular weight excluding hydrogens is 686 g/mol. The number of carbonyl (C=O) groups is 4. The summed E-state index contributed by atoms with van der Waals surface area (Å²) in [4.78, 5) is 67.7. The van der Waals surface area contributed by atoms with Crippen molar-refractivity contribution in [2.24, 2.45) is 16.8 Å². The summed E-state index contributed by atoms with van der Waals surface area (Å²) >= 11 is 0. The van der Waals surface area contributed by atoms with Crippen LogP contribution in [0.15, 0.2) is 41.4 Å². The highest BCUT2D eigenvalue weighted by atomic mass is 16.5. The van der Waals surface area contributed by atoms with Crippen LogP contribution in [0.1, 0.15) is 81.9 Å². The first kappa shape index (κ1) is 37.9. The SMILES string of the molecule is COC(=O)N[C@H](C(=O)N1CCC[C@H]1C1=Nc2ccc(C#CC#Cc3ccc4nc([C@@H]5CCCN5C(=O)[C@@H](NC(=O)OC)C(C)C)[nH]c4c3)cc2C1)C(C)C. The summed E-state index contributed by atoms with van der Waals surface area (Å²) in [6, 6.07) is 9.91. The zero-order valence-electron chi connectivity index (χ0n) is 31.6. The van der Waals surface area contributed by atoms with Gasteiger partial charge in [0.15, 0.2) is 0 Å². The van der Waals surface area contributed by atoms with Gasteiger partial charge in [-0.1, -0.05) is 39.5 Å². The van der Waals surface area contributed by atoms with Gasteiger partial charge in [-0.2, -0.15) is 0 Å². The number of aliphatic imine (C=N–C) groups is 1. The molecule has 0 unspecified atom stereocenters. The van der Waals surface area contributed by atoms with Crippen molar-refractivity contribution >= 4 is 46.4 Å². The fraction of sp³-hybridized carbons (Fsp3) is 0.463. The fourth-order valence-corrected chi connectivity index (χ4v) is 7.42. The normalized spacial score (nSPS) is 18.6. The van der Waals surface area contributed by atoms with Crippen molar-refractivity contribution in [3.05, 3.63) is 58.9 Å². The molecule has 4 heterocycles. The molecule has 54 heavy (non-hydrogen) atoms. The van der Waals surface area contributed by atoms with E-state index in [9.17, 15) is 19.2 Å². The van der Waals surface area contributed by atoms with E-state index in [1.165, 1.54) is 14.2 Å². The maximum Gasteiger partial charge on any atom is 0.407 e. The lowest BCUT2D eigenvalue weighted by Crippen LogP contribution is -2.53. The summed E-state index contributed by atoms with van der Waals surface area (Å²) in [6.45, 7) is 8.79. The number of ether oxygens (including phenoxy) is 2. The first-order valence-electron chi connectivity index (χ1n) is 18.5. The molecule has 0 aliphatic carbocycles. The van der Waals surface area contributed by atoms with E-state index in [-0.39, 0.29) is 35.7 Å².